The molecule has 2 amide bonds. The van der Waals surface area contributed by atoms with Gasteiger partial charge in [0.2, 0.25) is 12.6 Å². The second-order valence-electron chi connectivity index (χ2n) is 4.74. The molecule has 0 spiro atoms. The molecule has 0 aliphatic rings. The fourth-order valence-corrected chi connectivity index (χ4v) is 1.51. The van der Waals surface area contributed by atoms with Gasteiger partial charge in [-0.25, -0.2) is 9.59 Å². The summed E-state index contributed by atoms with van der Waals surface area (Å²) in [5, 5.41) is 17.5. The van der Waals surface area contributed by atoms with Crippen LogP contribution in [0.4, 0.5) is 4.79 Å². The van der Waals surface area contributed by atoms with Gasteiger partial charge in [-0.1, -0.05) is 0 Å². The van der Waals surface area contributed by atoms with Gasteiger partial charge in [0.05, 0.1) is 20.3 Å². The zero-order chi connectivity index (χ0) is 20.2. The Labute approximate surface area is 152 Å². The first kappa shape index (κ1) is 21.7. The summed E-state index contributed by atoms with van der Waals surface area (Å²) in [6, 6.07) is 1.27. The smallest absolute Gasteiger partial charge is 0.407 e. The highest BCUT2D eigenvalue weighted by Gasteiger charge is 2.19. The van der Waals surface area contributed by atoms with Crippen molar-refractivity contribution in [2.45, 2.75) is 12.5 Å². The molecule has 13 nitrogen and oxygen atoms in total. The molecular formula is C14H19N3O10. The van der Waals surface area contributed by atoms with E-state index in [9.17, 15) is 24.3 Å². The first-order chi connectivity index (χ1) is 12.9. The SMILES string of the molecule is COC(=O)NCC(=O)OCOC(=O)[C@H](O)CCNC(=O)c1cc(OC)no1. The summed E-state index contributed by atoms with van der Waals surface area (Å²) in [6.07, 6.45) is -2.54. The van der Waals surface area contributed by atoms with Gasteiger partial charge >= 0.3 is 18.0 Å². The number of carbonyl (C=O) groups is 4. The molecule has 1 heterocycles. The number of nitrogens with zero attached hydrogens (tertiary/aromatic N) is 1. The minimum absolute atomic E-state index is 0.0685. The first-order valence-corrected chi connectivity index (χ1v) is 7.48. The number of amides is 2. The van der Waals surface area contributed by atoms with Crippen LogP contribution in [-0.4, -0.2) is 74.4 Å². The van der Waals surface area contributed by atoms with Crippen molar-refractivity contribution in [2.24, 2.45) is 0 Å². The highest BCUT2D eigenvalue weighted by atomic mass is 16.7. The molecule has 0 aromatic carbocycles. The van der Waals surface area contributed by atoms with Gasteiger partial charge in [0.1, 0.15) is 6.54 Å². The third-order valence-electron chi connectivity index (χ3n) is 2.88. The zero-order valence-corrected chi connectivity index (χ0v) is 14.6. The third-order valence-corrected chi connectivity index (χ3v) is 2.88. The molecule has 1 aromatic heterocycles. The Kier molecular flexibility index (Phi) is 9.08. The number of aliphatic hydroxyl groups excluding tert-OH is 1. The van der Waals surface area contributed by atoms with Crippen LogP contribution in [0.5, 0.6) is 5.88 Å². The highest BCUT2D eigenvalue weighted by molar-refractivity contribution is 5.91. The molecule has 3 N–H and O–H groups in total. The van der Waals surface area contributed by atoms with Crippen LogP contribution in [0.1, 0.15) is 17.0 Å². The van der Waals surface area contributed by atoms with Gasteiger partial charge in [-0.2, -0.15) is 0 Å². The Morgan fingerprint density at radius 2 is 1.96 bits per heavy atom. The summed E-state index contributed by atoms with van der Waals surface area (Å²) in [5.41, 5.74) is 0. The van der Waals surface area contributed by atoms with E-state index in [4.69, 9.17) is 9.26 Å². The second-order valence-corrected chi connectivity index (χ2v) is 4.74. The van der Waals surface area contributed by atoms with Crippen LogP contribution in [0.3, 0.4) is 0 Å². The maximum absolute atomic E-state index is 11.7. The fraction of sp³-hybridized carbons (Fsp3) is 0.500. The van der Waals surface area contributed by atoms with Gasteiger partial charge in [-0.05, 0) is 5.16 Å². The average molecular weight is 389 g/mol. The van der Waals surface area contributed by atoms with E-state index in [-0.39, 0.29) is 24.6 Å². The van der Waals surface area contributed by atoms with Crippen molar-refractivity contribution in [3.63, 3.8) is 0 Å². The summed E-state index contributed by atoms with van der Waals surface area (Å²) in [5.74, 6) is -2.52. The quantitative estimate of drug-likeness (QED) is 0.316. The van der Waals surface area contributed by atoms with E-state index in [2.05, 4.69) is 30.0 Å². The second kappa shape index (κ2) is 11.3. The van der Waals surface area contributed by atoms with Crippen molar-refractivity contribution in [3.8, 4) is 5.88 Å². The van der Waals surface area contributed by atoms with Crippen LogP contribution in [0.2, 0.25) is 0 Å². The molecule has 0 fully saturated rings. The van der Waals surface area contributed by atoms with E-state index in [1.165, 1.54) is 13.2 Å². The number of aliphatic hydroxyl groups is 1. The number of hydrogen-bond acceptors (Lipinski definition) is 11. The summed E-state index contributed by atoms with van der Waals surface area (Å²) >= 11 is 0. The van der Waals surface area contributed by atoms with Crippen LogP contribution in [0.15, 0.2) is 10.6 Å². The zero-order valence-electron chi connectivity index (χ0n) is 14.6. The van der Waals surface area contributed by atoms with E-state index >= 15 is 0 Å². The summed E-state index contributed by atoms with van der Waals surface area (Å²) < 4.78 is 22.8. The Morgan fingerprint density at radius 1 is 1.22 bits per heavy atom. The minimum atomic E-state index is -1.55. The van der Waals surface area contributed by atoms with Crippen molar-refractivity contribution in [2.75, 3.05) is 34.1 Å². The number of alkyl carbamates (subject to hydrolysis) is 1. The van der Waals surface area contributed by atoms with Crippen LogP contribution >= 0.6 is 0 Å². The number of aromatic nitrogens is 1. The molecule has 0 aliphatic carbocycles. The van der Waals surface area contributed by atoms with Crippen molar-refractivity contribution in [1.82, 2.24) is 15.8 Å². The van der Waals surface area contributed by atoms with Gasteiger partial charge in [-0.3, -0.25) is 9.59 Å². The van der Waals surface area contributed by atoms with E-state index in [1.807, 2.05) is 0 Å². The topological polar surface area (TPSA) is 176 Å². The van der Waals surface area contributed by atoms with E-state index < -0.39 is 43.4 Å². The van der Waals surface area contributed by atoms with Crippen LogP contribution in [0.25, 0.3) is 0 Å². The standard InChI is InChI=1S/C14H19N3O10/c1-23-10-5-9(27-17-10)12(20)15-4-3-8(18)13(21)26-7-25-11(19)6-16-14(22)24-2/h5,8,18H,3-4,6-7H2,1-2H3,(H,15,20)(H,16,22)/t8-/m1/s1. The van der Waals surface area contributed by atoms with E-state index in [0.29, 0.717) is 0 Å². The van der Waals surface area contributed by atoms with Gasteiger partial charge < -0.3 is 39.2 Å². The van der Waals surface area contributed by atoms with Gasteiger partial charge in [0, 0.05) is 13.0 Å². The van der Waals surface area contributed by atoms with Crippen LogP contribution in [0, 0.1) is 0 Å². The molecule has 0 saturated heterocycles. The number of hydrogen-bond donors (Lipinski definition) is 3. The normalized spacial score (nSPS) is 11.1. The van der Waals surface area contributed by atoms with Crippen LogP contribution < -0.4 is 15.4 Å². The lowest BCUT2D eigenvalue weighted by Crippen LogP contribution is -2.33. The van der Waals surface area contributed by atoms with Gasteiger partial charge in [0.15, 0.2) is 6.10 Å². The van der Waals surface area contributed by atoms with Crippen LogP contribution in [-0.2, 0) is 23.8 Å². The largest absolute Gasteiger partial charge is 0.479 e. The maximum atomic E-state index is 11.7. The highest BCUT2D eigenvalue weighted by Crippen LogP contribution is 2.10. The van der Waals surface area contributed by atoms with Crippen molar-refractivity contribution < 1.29 is 47.8 Å². The molecule has 1 rings (SSSR count). The average Bonchev–Trinajstić information content (AvgIpc) is 3.15. The lowest BCUT2D eigenvalue weighted by atomic mass is 10.2. The van der Waals surface area contributed by atoms with Gasteiger partial charge in [0.25, 0.3) is 11.8 Å². The predicted molar refractivity (Wildman–Crippen MR) is 83.5 cm³/mol. The number of ether oxygens (including phenoxy) is 4. The number of nitrogens with one attached hydrogen (secondary N) is 2. The molecule has 0 unspecified atom stereocenters. The number of rotatable bonds is 10. The third kappa shape index (κ3) is 8.04. The molecular weight excluding hydrogens is 370 g/mol. The number of esters is 2. The molecule has 0 aliphatic heterocycles. The Hall–Kier alpha value is -3.35. The van der Waals surface area contributed by atoms with E-state index in [1.54, 1.807) is 0 Å². The number of methoxy groups -OCH3 is 2. The lowest BCUT2D eigenvalue weighted by Gasteiger charge is -2.11. The molecule has 0 saturated carbocycles. The molecule has 13 heteroatoms. The first-order valence-electron chi connectivity index (χ1n) is 7.48. The van der Waals surface area contributed by atoms with E-state index in [0.717, 1.165) is 7.11 Å². The van der Waals surface area contributed by atoms with Crippen molar-refractivity contribution in [3.05, 3.63) is 11.8 Å². The Bertz CT molecular complexity index is 659. The molecule has 150 valence electrons. The monoisotopic (exact) mass is 389 g/mol. The predicted octanol–water partition coefficient (Wildman–Crippen LogP) is -1.44. The molecule has 1 atom stereocenters. The Balaban J connectivity index is 2.19. The molecule has 0 bridgehead atoms. The summed E-state index contributed by atoms with van der Waals surface area (Å²) in [4.78, 5) is 45.2. The minimum Gasteiger partial charge on any atom is -0.479 e. The summed E-state index contributed by atoms with van der Waals surface area (Å²) in [6.45, 7) is -1.30. The molecule has 0 radical (unpaired) electrons. The number of carbonyl (C=O) groups excluding carboxylic acids is 4. The molecule has 27 heavy (non-hydrogen) atoms. The lowest BCUT2D eigenvalue weighted by molar-refractivity contribution is -0.173. The Morgan fingerprint density at radius 3 is 2.59 bits per heavy atom. The fourth-order valence-electron chi connectivity index (χ4n) is 1.51. The van der Waals surface area contributed by atoms with Crippen molar-refractivity contribution >= 4 is 23.9 Å². The maximum Gasteiger partial charge on any atom is 0.407 e. The molecule has 1 aromatic rings. The van der Waals surface area contributed by atoms with Crippen molar-refractivity contribution in [1.29, 1.82) is 0 Å². The summed E-state index contributed by atoms with van der Waals surface area (Å²) in [7, 11) is 2.48. The van der Waals surface area contributed by atoms with Gasteiger partial charge in [-0.15, -0.1) is 0 Å².